The third kappa shape index (κ3) is 3.28. The third-order valence-electron chi connectivity index (χ3n) is 4.72. The molecule has 0 radical (unpaired) electrons. The van der Waals surface area contributed by atoms with Crippen LogP contribution in [0.3, 0.4) is 0 Å². The van der Waals surface area contributed by atoms with Crippen LogP contribution in [0, 0.1) is 0 Å². The lowest BCUT2D eigenvalue weighted by Gasteiger charge is -2.14. The highest BCUT2D eigenvalue weighted by Crippen LogP contribution is 2.22. The second kappa shape index (κ2) is 7.78. The van der Waals surface area contributed by atoms with Crippen molar-refractivity contribution in [2.45, 2.75) is 11.7 Å². The van der Waals surface area contributed by atoms with Crippen molar-refractivity contribution in [1.82, 2.24) is 38.9 Å². The van der Waals surface area contributed by atoms with Crippen LogP contribution < -0.4 is 16.1 Å². The molecule has 0 aliphatic heterocycles. The highest BCUT2D eigenvalue weighted by Gasteiger charge is 2.20. The first kappa shape index (κ1) is 19.9. The largest absolute Gasteiger partial charge is 0.348 e. The van der Waals surface area contributed by atoms with E-state index in [1.807, 2.05) is 53.9 Å². The number of hydrogen-bond acceptors (Lipinski definition) is 8. The molecule has 30 heavy (non-hydrogen) atoms. The number of anilines is 1. The van der Waals surface area contributed by atoms with Gasteiger partial charge < -0.3 is 9.47 Å². The first-order valence-corrected chi connectivity index (χ1v) is 10.2. The Hall–Kier alpha value is -3.41. The standard InChI is InChI=1S/C18H21N9O2S/c1-23(2)16-19-14-13(15(28)25(4)18(29)24(14)3)26(16)10-11-30-17-20-21-22-27(17)12-8-6-5-7-9-12/h5-9H,10-11H2,1-4H3. The third-order valence-corrected chi connectivity index (χ3v) is 5.62. The monoisotopic (exact) mass is 427 g/mol. The fraction of sp³-hybridized carbons (Fsp3) is 0.333. The Balaban J connectivity index is 1.67. The highest BCUT2D eigenvalue weighted by molar-refractivity contribution is 7.99. The van der Waals surface area contributed by atoms with Gasteiger partial charge in [-0.2, -0.15) is 9.67 Å². The van der Waals surface area contributed by atoms with E-state index in [2.05, 4.69) is 20.5 Å². The van der Waals surface area contributed by atoms with Crippen molar-refractivity contribution in [3.8, 4) is 5.69 Å². The number of aryl methyl sites for hydroxylation is 2. The summed E-state index contributed by atoms with van der Waals surface area (Å²) in [5, 5.41) is 12.6. The molecule has 0 saturated carbocycles. The Morgan fingerprint density at radius 2 is 1.80 bits per heavy atom. The van der Waals surface area contributed by atoms with Crippen LogP contribution in [-0.4, -0.2) is 58.7 Å². The molecule has 4 rings (SSSR count). The lowest BCUT2D eigenvalue weighted by atomic mass is 10.3. The summed E-state index contributed by atoms with van der Waals surface area (Å²) in [6.07, 6.45) is 0. The van der Waals surface area contributed by atoms with E-state index in [9.17, 15) is 9.59 Å². The smallest absolute Gasteiger partial charge is 0.332 e. The van der Waals surface area contributed by atoms with Crippen LogP contribution in [0.25, 0.3) is 16.9 Å². The minimum Gasteiger partial charge on any atom is -0.348 e. The zero-order valence-electron chi connectivity index (χ0n) is 17.1. The first-order chi connectivity index (χ1) is 14.4. The fourth-order valence-electron chi connectivity index (χ4n) is 3.22. The molecule has 1 aromatic carbocycles. The van der Waals surface area contributed by atoms with E-state index in [0.29, 0.717) is 34.6 Å². The van der Waals surface area contributed by atoms with Crippen LogP contribution in [-0.2, 0) is 20.6 Å². The predicted octanol–water partition coefficient (Wildman–Crippen LogP) is 0.268. The van der Waals surface area contributed by atoms with Crippen molar-refractivity contribution in [3.05, 3.63) is 51.2 Å². The number of tetrazole rings is 1. The van der Waals surface area contributed by atoms with Crippen LogP contribution in [0.2, 0.25) is 0 Å². The van der Waals surface area contributed by atoms with E-state index < -0.39 is 5.69 Å². The average Bonchev–Trinajstić information content (AvgIpc) is 3.36. The van der Waals surface area contributed by atoms with E-state index in [1.54, 1.807) is 11.7 Å². The van der Waals surface area contributed by atoms with Crippen molar-refractivity contribution in [3.63, 3.8) is 0 Å². The molecule has 0 atom stereocenters. The summed E-state index contributed by atoms with van der Waals surface area (Å²) in [4.78, 5) is 31.4. The van der Waals surface area contributed by atoms with Gasteiger partial charge in [0.2, 0.25) is 11.1 Å². The van der Waals surface area contributed by atoms with E-state index in [0.717, 1.165) is 10.3 Å². The Bertz CT molecular complexity index is 1320. The van der Waals surface area contributed by atoms with Gasteiger partial charge in [-0.3, -0.25) is 13.9 Å². The summed E-state index contributed by atoms with van der Waals surface area (Å²) in [5.74, 6) is 1.21. The van der Waals surface area contributed by atoms with Gasteiger partial charge in [-0.25, -0.2) is 4.79 Å². The van der Waals surface area contributed by atoms with Crippen molar-refractivity contribution < 1.29 is 0 Å². The molecular weight excluding hydrogens is 406 g/mol. The normalized spacial score (nSPS) is 11.3. The van der Waals surface area contributed by atoms with E-state index in [1.165, 1.54) is 23.4 Å². The number of nitrogens with zero attached hydrogens (tertiary/aromatic N) is 9. The van der Waals surface area contributed by atoms with Crippen molar-refractivity contribution in [1.29, 1.82) is 0 Å². The molecule has 0 bridgehead atoms. The molecule has 0 N–H and O–H groups in total. The van der Waals surface area contributed by atoms with Crippen LogP contribution in [0.4, 0.5) is 5.95 Å². The van der Waals surface area contributed by atoms with Gasteiger partial charge in [0.25, 0.3) is 5.56 Å². The number of aromatic nitrogens is 8. The maximum Gasteiger partial charge on any atom is 0.332 e. The van der Waals surface area contributed by atoms with Gasteiger partial charge in [0.15, 0.2) is 11.2 Å². The minimum absolute atomic E-state index is 0.367. The van der Waals surface area contributed by atoms with Gasteiger partial charge in [-0.1, -0.05) is 30.0 Å². The molecule has 3 aromatic heterocycles. The minimum atomic E-state index is -0.404. The summed E-state index contributed by atoms with van der Waals surface area (Å²) < 4.78 is 6.00. The lowest BCUT2D eigenvalue weighted by molar-refractivity contribution is 0.699. The molecule has 0 aliphatic carbocycles. The number of para-hydroxylation sites is 1. The molecule has 156 valence electrons. The number of hydrogen-bond donors (Lipinski definition) is 0. The fourth-order valence-corrected chi connectivity index (χ4v) is 4.03. The molecule has 0 fully saturated rings. The lowest BCUT2D eigenvalue weighted by Crippen LogP contribution is -2.37. The second-order valence-corrected chi connectivity index (χ2v) is 7.96. The quantitative estimate of drug-likeness (QED) is 0.404. The van der Waals surface area contributed by atoms with Crippen LogP contribution in [0.15, 0.2) is 45.1 Å². The summed E-state index contributed by atoms with van der Waals surface area (Å²) in [5.41, 5.74) is 0.861. The summed E-state index contributed by atoms with van der Waals surface area (Å²) in [6.45, 7) is 0.490. The van der Waals surface area contributed by atoms with Gasteiger partial charge in [-0.05, 0) is 22.6 Å². The van der Waals surface area contributed by atoms with Crippen LogP contribution in [0.5, 0.6) is 0 Å². The molecular formula is C18H21N9O2S. The van der Waals surface area contributed by atoms with E-state index in [4.69, 9.17) is 0 Å². The zero-order valence-corrected chi connectivity index (χ0v) is 17.9. The van der Waals surface area contributed by atoms with Crippen molar-refractivity contribution in [2.24, 2.45) is 14.1 Å². The van der Waals surface area contributed by atoms with Crippen LogP contribution >= 0.6 is 11.8 Å². The molecule has 12 heteroatoms. The summed E-state index contributed by atoms with van der Waals surface area (Å²) >= 11 is 1.48. The Morgan fingerprint density at radius 3 is 2.50 bits per heavy atom. The molecule has 0 aliphatic rings. The SMILES string of the molecule is CN(C)c1nc2c(c(=O)n(C)c(=O)n2C)n1CCSc1nnnn1-c1ccccc1. The number of fused-ring (bicyclic) bond motifs is 1. The molecule has 0 amide bonds. The summed E-state index contributed by atoms with van der Waals surface area (Å²) in [6, 6.07) is 9.64. The van der Waals surface area contributed by atoms with Crippen molar-refractivity contribution >= 4 is 28.9 Å². The summed E-state index contributed by atoms with van der Waals surface area (Å²) in [7, 11) is 6.79. The predicted molar refractivity (Wildman–Crippen MR) is 114 cm³/mol. The average molecular weight is 427 g/mol. The maximum absolute atomic E-state index is 12.8. The molecule has 3 heterocycles. The second-order valence-electron chi connectivity index (χ2n) is 6.89. The number of benzene rings is 1. The molecule has 0 spiro atoms. The van der Waals surface area contributed by atoms with Gasteiger partial charge in [0, 0.05) is 40.5 Å². The Labute approximate surface area is 175 Å². The van der Waals surface area contributed by atoms with Gasteiger partial charge in [-0.15, -0.1) is 5.10 Å². The van der Waals surface area contributed by atoms with E-state index >= 15 is 0 Å². The number of imidazole rings is 1. The van der Waals surface area contributed by atoms with Crippen LogP contribution in [0.1, 0.15) is 0 Å². The highest BCUT2D eigenvalue weighted by atomic mass is 32.2. The van der Waals surface area contributed by atoms with E-state index in [-0.39, 0.29) is 5.56 Å². The Morgan fingerprint density at radius 1 is 1.07 bits per heavy atom. The van der Waals surface area contributed by atoms with Crippen molar-refractivity contribution in [2.75, 3.05) is 24.7 Å². The number of rotatable bonds is 6. The maximum atomic E-state index is 12.8. The molecule has 11 nitrogen and oxygen atoms in total. The zero-order chi connectivity index (χ0) is 21.4. The Kier molecular flexibility index (Phi) is 5.16. The first-order valence-electron chi connectivity index (χ1n) is 9.20. The van der Waals surface area contributed by atoms with Gasteiger partial charge in [0.05, 0.1) is 5.69 Å². The van der Waals surface area contributed by atoms with Gasteiger partial charge in [0.1, 0.15) is 0 Å². The molecule has 4 aromatic rings. The molecule has 0 unspecified atom stereocenters. The molecule has 0 saturated heterocycles. The number of thioether (sulfide) groups is 1. The van der Waals surface area contributed by atoms with Gasteiger partial charge >= 0.3 is 5.69 Å². The topological polar surface area (TPSA) is 109 Å².